The molecule has 3 rings (SSSR count). The smallest absolute Gasteiger partial charge is 0.247 e. The van der Waals surface area contributed by atoms with E-state index in [4.69, 9.17) is 21.1 Å². The summed E-state index contributed by atoms with van der Waals surface area (Å²) in [6.45, 7) is 0.316. The van der Waals surface area contributed by atoms with Gasteiger partial charge in [-0.05, 0) is 23.8 Å². The van der Waals surface area contributed by atoms with Crippen molar-refractivity contribution in [3.63, 3.8) is 0 Å². The minimum Gasteiger partial charge on any atom is -0.497 e. The quantitative estimate of drug-likeness (QED) is 0.816. The Morgan fingerprint density at radius 2 is 1.89 bits per heavy atom. The Morgan fingerprint density at radius 1 is 1.15 bits per heavy atom. The number of rotatable bonds is 5. The summed E-state index contributed by atoms with van der Waals surface area (Å²) >= 11 is 6.24. The normalized spacial score (nSPS) is 18.0. The predicted octanol–water partition coefficient (Wildman–Crippen LogP) is 2.22. The van der Waals surface area contributed by atoms with Crippen LogP contribution in [0.5, 0.6) is 11.5 Å². The van der Waals surface area contributed by atoms with E-state index < -0.39 is 22.0 Å². The van der Waals surface area contributed by atoms with Crippen LogP contribution in [-0.2, 0) is 14.8 Å². The Bertz CT molecular complexity index is 964. The molecule has 1 aliphatic heterocycles. The molecule has 1 N–H and O–H groups in total. The van der Waals surface area contributed by atoms with Gasteiger partial charge in [-0.15, -0.1) is 0 Å². The number of halogens is 1. The van der Waals surface area contributed by atoms with Gasteiger partial charge < -0.3 is 14.8 Å². The highest BCUT2D eigenvalue weighted by molar-refractivity contribution is 7.89. The second-order valence-corrected chi connectivity index (χ2v) is 8.11. The highest BCUT2D eigenvalue weighted by Gasteiger charge is 2.41. The van der Waals surface area contributed by atoms with Crippen LogP contribution >= 0.6 is 11.6 Å². The number of sulfonamides is 1. The van der Waals surface area contributed by atoms with Crippen LogP contribution in [0.15, 0.2) is 47.4 Å². The largest absolute Gasteiger partial charge is 0.497 e. The van der Waals surface area contributed by atoms with Crippen LogP contribution in [0.2, 0.25) is 5.02 Å². The molecule has 27 heavy (non-hydrogen) atoms. The molecular weight excluding hydrogens is 392 g/mol. The number of ether oxygens (including phenoxy) is 2. The topological polar surface area (TPSA) is 84.9 Å². The molecule has 1 aliphatic rings. The van der Waals surface area contributed by atoms with E-state index in [1.165, 1.54) is 32.4 Å². The summed E-state index contributed by atoms with van der Waals surface area (Å²) in [6, 6.07) is 10.1. The van der Waals surface area contributed by atoms with Crippen molar-refractivity contribution in [2.24, 2.45) is 0 Å². The fourth-order valence-electron chi connectivity index (χ4n) is 3.01. The van der Waals surface area contributed by atoms with Gasteiger partial charge in [-0.25, -0.2) is 8.42 Å². The average molecular weight is 411 g/mol. The van der Waals surface area contributed by atoms with Gasteiger partial charge in [0.15, 0.2) is 0 Å². The predicted molar refractivity (Wildman–Crippen MR) is 101 cm³/mol. The lowest BCUT2D eigenvalue weighted by atomic mass is 10.0. The first-order valence-electron chi connectivity index (χ1n) is 8.16. The van der Waals surface area contributed by atoms with Crippen molar-refractivity contribution in [2.75, 3.05) is 27.3 Å². The van der Waals surface area contributed by atoms with Gasteiger partial charge in [0.2, 0.25) is 15.9 Å². The molecule has 2 aromatic carbocycles. The average Bonchev–Trinajstić information content (AvgIpc) is 2.68. The zero-order chi connectivity index (χ0) is 19.6. The van der Waals surface area contributed by atoms with Gasteiger partial charge in [0.1, 0.15) is 22.4 Å². The Morgan fingerprint density at radius 3 is 2.56 bits per heavy atom. The maximum Gasteiger partial charge on any atom is 0.247 e. The minimum atomic E-state index is -4.04. The van der Waals surface area contributed by atoms with E-state index in [0.29, 0.717) is 16.3 Å². The summed E-state index contributed by atoms with van der Waals surface area (Å²) in [5.41, 5.74) is 0.424. The Kier molecular flexibility index (Phi) is 5.59. The number of methoxy groups -OCH3 is 2. The van der Waals surface area contributed by atoms with Crippen LogP contribution in [0.3, 0.4) is 0 Å². The molecule has 144 valence electrons. The van der Waals surface area contributed by atoms with E-state index in [-0.39, 0.29) is 23.7 Å². The minimum absolute atomic E-state index is 0.0439. The van der Waals surface area contributed by atoms with Crippen molar-refractivity contribution in [2.45, 2.75) is 10.9 Å². The van der Waals surface area contributed by atoms with Crippen LogP contribution in [0.25, 0.3) is 0 Å². The fraction of sp³-hybridized carbons (Fsp3) is 0.278. The summed E-state index contributed by atoms with van der Waals surface area (Å²) < 4.78 is 38.3. The lowest BCUT2D eigenvalue weighted by Gasteiger charge is -2.34. The van der Waals surface area contributed by atoms with Gasteiger partial charge in [-0.2, -0.15) is 4.31 Å². The van der Waals surface area contributed by atoms with E-state index >= 15 is 0 Å². The van der Waals surface area contributed by atoms with Gasteiger partial charge in [0.25, 0.3) is 0 Å². The molecule has 9 heteroatoms. The number of piperazine rings is 1. The van der Waals surface area contributed by atoms with Gasteiger partial charge in [0, 0.05) is 24.2 Å². The second kappa shape index (κ2) is 7.75. The van der Waals surface area contributed by atoms with Crippen molar-refractivity contribution in [3.8, 4) is 11.5 Å². The molecule has 0 aliphatic carbocycles. The third kappa shape index (κ3) is 3.60. The van der Waals surface area contributed by atoms with Crippen molar-refractivity contribution in [1.29, 1.82) is 0 Å². The van der Waals surface area contributed by atoms with E-state index in [9.17, 15) is 13.2 Å². The van der Waals surface area contributed by atoms with E-state index in [1.807, 2.05) is 0 Å². The summed E-state index contributed by atoms with van der Waals surface area (Å²) in [7, 11) is -1.19. The second-order valence-electron chi connectivity index (χ2n) is 5.85. The molecule has 0 aromatic heterocycles. The fourth-order valence-corrected chi connectivity index (χ4v) is 4.96. The molecular formula is C18H19ClN2O5S. The number of benzene rings is 2. The number of hydrogen-bond acceptors (Lipinski definition) is 5. The van der Waals surface area contributed by atoms with Gasteiger partial charge in [-0.1, -0.05) is 29.8 Å². The zero-order valence-electron chi connectivity index (χ0n) is 14.8. The Labute approximate surface area is 162 Å². The van der Waals surface area contributed by atoms with Crippen molar-refractivity contribution in [3.05, 3.63) is 53.1 Å². The number of nitrogens with one attached hydrogen (secondary N) is 1. The number of nitrogens with zero attached hydrogens (tertiary/aromatic N) is 1. The maximum absolute atomic E-state index is 13.4. The molecule has 0 bridgehead atoms. The first kappa shape index (κ1) is 19.5. The Hall–Kier alpha value is -2.29. The summed E-state index contributed by atoms with van der Waals surface area (Å²) in [4.78, 5) is 12.5. The van der Waals surface area contributed by atoms with Crippen molar-refractivity contribution in [1.82, 2.24) is 9.62 Å². The highest BCUT2D eigenvalue weighted by Crippen LogP contribution is 2.37. The van der Waals surface area contributed by atoms with E-state index in [0.717, 1.165) is 4.31 Å². The van der Waals surface area contributed by atoms with Crippen LogP contribution in [0.4, 0.5) is 0 Å². The molecule has 7 nitrogen and oxygen atoms in total. The number of carbonyl (C=O) groups is 1. The molecule has 0 spiro atoms. The Balaban J connectivity index is 2.12. The summed E-state index contributed by atoms with van der Waals surface area (Å²) in [5.74, 6) is 0.175. The first-order valence-corrected chi connectivity index (χ1v) is 9.98. The van der Waals surface area contributed by atoms with Crippen LogP contribution < -0.4 is 14.8 Å². The van der Waals surface area contributed by atoms with Gasteiger partial charge in [-0.3, -0.25) is 4.79 Å². The lowest BCUT2D eigenvalue weighted by molar-refractivity contribution is -0.126. The molecule has 0 radical (unpaired) electrons. The van der Waals surface area contributed by atoms with Gasteiger partial charge >= 0.3 is 0 Å². The SMILES string of the molecule is COc1ccc(S(=O)(=O)N2CCNC(=O)C2c2ccccc2Cl)c(OC)c1. The molecule has 1 fully saturated rings. The van der Waals surface area contributed by atoms with Crippen LogP contribution in [-0.4, -0.2) is 45.9 Å². The monoisotopic (exact) mass is 410 g/mol. The van der Waals surface area contributed by atoms with Crippen LogP contribution in [0.1, 0.15) is 11.6 Å². The molecule has 1 saturated heterocycles. The number of hydrogen-bond donors (Lipinski definition) is 1. The van der Waals surface area contributed by atoms with Crippen molar-refractivity contribution < 1.29 is 22.7 Å². The van der Waals surface area contributed by atoms with Crippen LogP contribution in [0, 0.1) is 0 Å². The standard InChI is InChI=1S/C18H19ClN2O5S/c1-25-12-7-8-16(15(11-12)26-2)27(23,24)21-10-9-20-18(22)17(21)13-5-3-4-6-14(13)19/h3-8,11,17H,9-10H2,1-2H3,(H,20,22). The maximum atomic E-state index is 13.4. The third-order valence-electron chi connectivity index (χ3n) is 4.32. The first-order chi connectivity index (χ1) is 12.9. The third-order valence-corrected chi connectivity index (χ3v) is 6.57. The molecule has 1 unspecified atom stereocenters. The molecule has 1 heterocycles. The molecule has 1 atom stereocenters. The molecule has 1 amide bonds. The molecule has 2 aromatic rings. The number of amides is 1. The lowest BCUT2D eigenvalue weighted by Crippen LogP contribution is -2.52. The molecule has 0 saturated carbocycles. The van der Waals surface area contributed by atoms with E-state index in [2.05, 4.69) is 5.32 Å². The summed E-state index contributed by atoms with van der Waals surface area (Å²) in [6.07, 6.45) is 0. The van der Waals surface area contributed by atoms with Crippen molar-refractivity contribution >= 4 is 27.5 Å². The number of carbonyl (C=O) groups excluding carboxylic acids is 1. The summed E-state index contributed by atoms with van der Waals surface area (Å²) in [5, 5.41) is 3.02. The van der Waals surface area contributed by atoms with Gasteiger partial charge in [0.05, 0.1) is 14.2 Å². The highest BCUT2D eigenvalue weighted by atomic mass is 35.5. The zero-order valence-corrected chi connectivity index (χ0v) is 16.4. The van der Waals surface area contributed by atoms with E-state index in [1.54, 1.807) is 24.3 Å².